The first-order chi connectivity index (χ1) is 14.1. The van der Waals surface area contributed by atoms with E-state index in [1.165, 1.54) is 32.8 Å². The second-order valence-corrected chi connectivity index (χ2v) is 7.31. The van der Waals surface area contributed by atoms with E-state index in [1.54, 1.807) is 12.2 Å². The predicted molar refractivity (Wildman–Crippen MR) is 116 cm³/mol. The number of carbonyl (C=O) groups excluding carboxylic acids is 3. The molecule has 0 heterocycles. The van der Waals surface area contributed by atoms with Gasteiger partial charge in [0.15, 0.2) is 5.78 Å². The molecular weight excluding hydrogens is 386 g/mol. The third-order valence-electron chi connectivity index (χ3n) is 4.74. The number of aliphatic hydroxyl groups excluding tert-OH is 1. The highest BCUT2D eigenvalue weighted by Crippen LogP contribution is 2.21. The molecule has 1 aromatic carbocycles. The monoisotopic (exact) mass is 419 g/mol. The number of carbonyl (C=O) groups is 3. The molecule has 3 atom stereocenters. The summed E-state index contributed by atoms with van der Waals surface area (Å²) >= 11 is 0. The summed E-state index contributed by atoms with van der Waals surface area (Å²) in [5.41, 5.74) is -0.971. The van der Waals surface area contributed by atoms with Crippen LogP contribution < -0.4 is 10.6 Å². The molecule has 3 amide bonds. The number of unbranched alkanes of at least 4 members (excludes halogenated alkanes) is 1. The minimum absolute atomic E-state index is 0.225. The van der Waals surface area contributed by atoms with Gasteiger partial charge in [0.05, 0.1) is 18.8 Å². The third kappa shape index (κ3) is 6.88. The molecule has 0 bridgehead atoms. The van der Waals surface area contributed by atoms with Crippen molar-refractivity contribution in [3.8, 4) is 0 Å². The van der Waals surface area contributed by atoms with Crippen LogP contribution in [0.4, 0.5) is 9.59 Å². The van der Waals surface area contributed by atoms with E-state index in [0.717, 1.165) is 12.0 Å². The molecule has 8 heteroatoms. The number of urea groups is 1. The lowest BCUT2D eigenvalue weighted by Crippen LogP contribution is -2.71. The number of hydrogen-bond donors (Lipinski definition) is 3. The van der Waals surface area contributed by atoms with Gasteiger partial charge in [-0.2, -0.15) is 0 Å². The van der Waals surface area contributed by atoms with Crippen LogP contribution in [-0.4, -0.2) is 66.3 Å². The van der Waals surface area contributed by atoms with E-state index in [-0.39, 0.29) is 6.61 Å². The van der Waals surface area contributed by atoms with Crippen molar-refractivity contribution < 1.29 is 24.2 Å². The van der Waals surface area contributed by atoms with Crippen molar-refractivity contribution >= 4 is 24.0 Å². The molecule has 0 aromatic heterocycles. The third-order valence-corrected chi connectivity index (χ3v) is 4.74. The number of rotatable bonds is 10. The molecular formula is C22H33N3O5. The van der Waals surface area contributed by atoms with Gasteiger partial charge in [-0.1, -0.05) is 55.8 Å². The Kier molecular flexibility index (Phi) is 10.0. The lowest BCUT2D eigenvalue weighted by atomic mass is 9.80. The number of alkyl carbamates (subject to hydrolysis) is 1. The zero-order valence-electron chi connectivity index (χ0n) is 18.3. The molecule has 0 spiro atoms. The van der Waals surface area contributed by atoms with Crippen LogP contribution >= 0.6 is 0 Å². The van der Waals surface area contributed by atoms with Crippen molar-refractivity contribution in [2.75, 3.05) is 20.7 Å². The number of ketones is 1. The Hall–Kier alpha value is -2.87. The SMILES string of the molecule is CCCCOC(=O)N[C@H](/C=C/c1ccccc1)[C@](NC(=O)N(C)C)(C(C)=O)[C@H](C)O. The van der Waals surface area contributed by atoms with Crippen LogP contribution in [0.5, 0.6) is 0 Å². The Morgan fingerprint density at radius 2 is 1.87 bits per heavy atom. The van der Waals surface area contributed by atoms with Crippen molar-refractivity contribution in [3.63, 3.8) is 0 Å². The van der Waals surface area contributed by atoms with Gasteiger partial charge in [0.2, 0.25) is 0 Å². The van der Waals surface area contributed by atoms with E-state index in [2.05, 4.69) is 10.6 Å². The van der Waals surface area contributed by atoms with Gasteiger partial charge < -0.3 is 25.4 Å². The zero-order valence-corrected chi connectivity index (χ0v) is 18.3. The molecule has 0 aliphatic heterocycles. The van der Waals surface area contributed by atoms with Gasteiger partial charge in [-0.25, -0.2) is 9.59 Å². The van der Waals surface area contributed by atoms with E-state index in [1.807, 2.05) is 37.3 Å². The van der Waals surface area contributed by atoms with Crippen molar-refractivity contribution in [2.45, 2.75) is 51.3 Å². The van der Waals surface area contributed by atoms with E-state index < -0.39 is 35.6 Å². The fourth-order valence-corrected chi connectivity index (χ4v) is 2.90. The highest BCUT2D eigenvalue weighted by molar-refractivity contribution is 5.93. The Bertz CT molecular complexity index is 734. The average molecular weight is 420 g/mol. The molecule has 1 rings (SSSR count). The number of amides is 3. The molecule has 0 fully saturated rings. The molecule has 0 aliphatic rings. The Balaban J connectivity index is 3.35. The van der Waals surface area contributed by atoms with Crippen LogP contribution in [0.1, 0.15) is 39.2 Å². The maximum absolute atomic E-state index is 12.7. The summed E-state index contributed by atoms with van der Waals surface area (Å²) in [5.74, 6) is -0.510. The summed E-state index contributed by atoms with van der Waals surface area (Å²) < 4.78 is 5.17. The second-order valence-electron chi connectivity index (χ2n) is 7.31. The first-order valence-corrected chi connectivity index (χ1v) is 10.00. The van der Waals surface area contributed by atoms with Gasteiger partial charge >= 0.3 is 12.1 Å². The minimum atomic E-state index is -1.80. The van der Waals surface area contributed by atoms with Crippen LogP contribution in [-0.2, 0) is 9.53 Å². The fraction of sp³-hybridized carbons (Fsp3) is 0.500. The number of aliphatic hydroxyl groups is 1. The summed E-state index contributed by atoms with van der Waals surface area (Å²) in [5, 5.41) is 15.8. The van der Waals surface area contributed by atoms with Crippen LogP contribution in [0.2, 0.25) is 0 Å². The van der Waals surface area contributed by atoms with Crippen LogP contribution in [0, 0.1) is 0 Å². The van der Waals surface area contributed by atoms with Crippen LogP contribution in [0.15, 0.2) is 36.4 Å². The van der Waals surface area contributed by atoms with Crippen molar-refractivity contribution in [3.05, 3.63) is 42.0 Å². The molecule has 1 aromatic rings. The van der Waals surface area contributed by atoms with Gasteiger partial charge in [-0.15, -0.1) is 0 Å². The Morgan fingerprint density at radius 3 is 2.37 bits per heavy atom. The molecule has 8 nitrogen and oxygen atoms in total. The van der Waals surface area contributed by atoms with Gasteiger partial charge in [-0.05, 0) is 25.8 Å². The van der Waals surface area contributed by atoms with E-state index in [0.29, 0.717) is 6.42 Å². The van der Waals surface area contributed by atoms with Gasteiger partial charge in [0.25, 0.3) is 0 Å². The van der Waals surface area contributed by atoms with Crippen molar-refractivity contribution in [1.82, 2.24) is 15.5 Å². The van der Waals surface area contributed by atoms with E-state index in [4.69, 9.17) is 4.74 Å². The maximum Gasteiger partial charge on any atom is 0.407 e. The number of Topliss-reactive ketones (excluding diaryl/α,β-unsaturated/α-hetero) is 1. The van der Waals surface area contributed by atoms with Crippen LogP contribution in [0.3, 0.4) is 0 Å². The summed E-state index contributed by atoms with van der Waals surface area (Å²) in [6.45, 7) is 4.85. The van der Waals surface area contributed by atoms with Crippen LogP contribution in [0.25, 0.3) is 6.08 Å². The summed E-state index contributed by atoms with van der Waals surface area (Å²) in [4.78, 5) is 38.8. The second kappa shape index (κ2) is 12.0. The number of nitrogens with zero attached hydrogens (tertiary/aromatic N) is 1. The summed E-state index contributed by atoms with van der Waals surface area (Å²) in [7, 11) is 3.03. The molecule has 0 radical (unpaired) electrons. The molecule has 0 aliphatic carbocycles. The highest BCUT2D eigenvalue weighted by Gasteiger charge is 2.49. The highest BCUT2D eigenvalue weighted by atomic mass is 16.5. The fourth-order valence-electron chi connectivity index (χ4n) is 2.90. The predicted octanol–water partition coefficient (Wildman–Crippen LogP) is 2.57. The lowest BCUT2D eigenvalue weighted by Gasteiger charge is -2.41. The van der Waals surface area contributed by atoms with E-state index in [9.17, 15) is 19.5 Å². The molecule has 3 N–H and O–H groups in total. The Labute approximate surface area is 178 Å². The van der Waals surface area contributed by atoms with Gasteiger partial charge in [-0.3, -0.25) is 4.79 Å². The van der Waals surface area contributed by atoms with E-state index >= 15 is 0 Å². The molecule has 30 heavy (non-hydrogen) atoms. The first kappa shape index (κ1) is 25.2. The van der Waals surface area contributed by atoms with Gasteiger partial charge in [0.1, 0.15) is 5.54 Å². The van der Waals surface area contributed by atoms with Crippen molar-refractivity contribution in [1.29, 1.82) is 0 Å². The standard InChI is InChI=1S/C22H33N3O5/c1-6-7-15-30-21(29)23-19(14-13-18-11-9-8-10-12-18)22(16(2)26,17(3)27)24-20(28)25(4)5/h8-14,16,19,26H,6-7,15H2,1-5H3,(H,23,29)(H,24,28)/b14-13+/t16-,19+,22+/m0/s1. The zero-order chi connectivity index (χ0) is 22.7. The summed E-state index contributed by atoms with van der Waals surface area (Å²) in [6.07, 6.45) is 2.79. The van der Waals surface area contributed by atoms with Gasteiger partial charge in [0, 0.05) is 14.1 Å². The molecule has 166 valence electrons. The molecule has 0 unspecified atom stereocenters. The topological polar surface area (TPSA) is 108 Å². The van der Waals surface area contributed by atoms with Crippen molar-refractivity contribution in [2.24, 2.45) is 0 Å². The number of nitrogens with one attached hydrogen (secondary N) is 2. The minimum Gasteiger partial charge on any atom is -0.450 e. The normalized spacial score (nSPS) is 15.0. The first-order valence-electron chi connectivity index (χ1n) is 10.00. The number of benzene rings is 1. The summed E-state index contributed by atoms with van der Waals surface area (Å²) in [6, 6.07) is 7.63. The number of ether oxygens (including phenoxy) is 1. The molecule has 0 saturated carbocycles. The number of hydrogen-bond acceptors (Lipinski definition) is 5. The Morgan fingerprint density at radius 1 is 1.23 bits per heavy atom. The lowest BCUT2D eigenvalue weighted by molar-refractivity contribution is -0.128. The smallest absolute Gasteiger partial charge is 0.407 e. The maximum atomic E-state index is 12.7. The quantitative estimate of drug-likeness (QED) is 0.505. The average Bonchev–Trinajstić information content (AvgIpc) is 2.69. The largest absolute Gasteiger partial charge is 0.450 e. The molecule has 0 saturated heterocycles.